The number of anilines is 1. The van der Waals surface area contributed by atoms with Gasteiger partial charge in [0.05, 0.1) is 12.2 Å². The summed E-state index contributed by atoms with van der Waals surface area (Å²) in [6.45, 7) is 1.86. The predicted octanol–water partition coefficient (Wildman–Crippen LogP) is 2.31. The molecule has 4 nitrogen and oxygen atoms in total. The van der Waals surface area contributed by atoms with Crippen molar-refractivity contribution in [1.29, 1.82) is 0 Å². The van der Waals surface area contributed by atoms with Crippen LogP contribution in [0.25, 0.3) is 11.3 Å². The minimum Gasteiger partial charge on any atom is -0.398 e. The Hall–Kier alpha value is -1.91. The van der Waals surface area contributed by atoms with E-state index < -0.39 is 0 Å². The highest BCUT2D eigenvalue weighted by Gasteiger charge is 2.26. The second kappa shape index (κ2) is 3.55. The summed E-state index contributed by atoms with van der Waals surface area (Å²) in [6, 6.07) is 3.20. The van der Waals surface area contributed by atoms with E-state index in [2.05, 4.69) is 10.2 Å². The van der Waals surface area contributed by atoms with Crippen LogP contribution in [0.4, 0.5) is 10.1 Å². The van der Waals surface area contributed by atoms with Gasteiger partial charge < -0.3 is 5.73 Å². The molecule has 0 bridgehead atoms. The topological polar surface area (TPSA) is 56.7 Å². The standard InChI is InChI=1S/C12H13FN4/c1-7-10(4-8(13)5-11(7)14)12-6-15-17(16-12)9-2-3-9/h4-6,9H,2-3,14H2,1H3. The molecule has 1 aliphatic carbocycles. The van der Waals surface area contributed by atoms with Crippen LogP contribution in [0.1, 0.15) is 24.4 Å². The van der Waals surface area contributed by atoms with Crippen molar-refractivity contribution in [2.45, 2.75) is 25.8 Å². The molecule has 0 unspecified atom stereocenters. The molecule has 0 spiro atoms. The molecule has 1 fully saturated rings. The molecule has 1 aromatic carbocycles. The predicted molar refractivity (Wildman–Crippen MR) is 62.8 cm³/mol. The van der Waals surface area contributed by atoms with E-state index >= 15 is 0 Å². The lowest BCUT2D eigenvalue weighted by atomic mass is 10.0. The van der Waals surface area contributed by atoms with Gasteiger partial charge in [0.15, 0.2) is 0 Å². The highest BCUT2D eigenvalue weighted by Crippen LogP contribution is 2.34. The van der Waals surface area contributed by atoms with Gasteiger partial charge in [-0.1, -0.05) is 0 Å². The summed E-state index contributed by atoms with van der Waals surface area (Å²) in [4.78, 5) is 1.70. The summed E-state index contributed by atoms with van der Waals surface area (Å²) in [5.74, 6) is -0.343. The van der Waals surface area contributed by atoms with Crippen molar-refractivity contribution in [2.75, 3.05) is 5.73 Å². The van der Waals surface area contributed by atoms with Crippen LogP contribution in [0.5, 0.6) is 0 Å². The Morgan fingerprint density at radius 3 is 2.88 bits per heavy atom. The molecule has 1 saturated carbocycles. The number of nitrogens with two attached hydrogens (primary N) is 1. The number of hydrogen-bond acceptors (Lipinski definition) is 3. The Kier molecular flexibility index (Phi) is 2.14. The van der Waals surface area contributed by atoms with Gasteiger partial charge in [0.2, 0.25) is 0 Å². The number of benzene rings is 1. The molecule has 0 amide bonds. The fraction of sp³-hybridized carbons (Fsp3) is 0.333. The van der Waals surface area contributed by atoms with Crippen molar-refractivity contribution in [3.05, 3.63) is 29.7 Å². The maximum atomic E-state index is 13.3. The van der Waals surface area contributed by atoms with E-state index in [1.807, 2.05) is 6.92 Å². The summed E-state index contributed by atoms with van der Waals surface area (Å²) in [6.07, 6.45) is 3.91. The molecule has 0 atom stereocenters. The Morgan fingerprint density at radius 2 is 2.18 bits per heavy atom. The molecule has 0 aliphatic heterocycles. The first-order valence-corrected chi connectivity index (χ1v) is 5.63. The fourth-order valence-electron chi connectivity index (χ4n) is 1.85. The van der Waals surface area contributed by atoms with Crippen molar-refractivity contribution in [3.8, 4) is 11.3 Å². The Balaban J connectivity index is 2.07. The van der Waals surface area contributed by atoms with Gasteiger partial charge in [0.1, 0.15) is 11.5 Å². The van der Waals surface area contributed by atoms with Crippen LogP contribution in [0.2, 0.25) is 0 Å². The minimum atomic E-state index is -0.343. The molecule has 0 radical (unpaired) electrons. The maximum Gasteiger partial charge on any atom is 0.125 e. The zero-order valence-corrected chi connectivity index (χ0v) is 9.52. The quantitative estimate of drug-likeness (QED) is 0.808. The summed E-state index contributed by atoms with van der Waals surface area (Å²) in [7, 11) is 0. The van der Waals surface area contributed by atoms with Gasteiger partial charge in [0, 0.05) is 11.3 Å². The lowest BCUT2D eigenvalue weighted by Crippen LogP contribution is -1.99. The van der Waals surface area contributed by atoms with Crippen molar-refractivity contribution < 1.29 is 4.39 Å². The lowest BCUT2D eigenvalue weighted by Gasteiger charge is -2.05. The second-order valence-electron chi connectivity index (χ2n) is 4.45. The Bertz CT molecular complexity index is 572. The van der Waals surface area contributed by atoms with Gasteiger partial charge in [-0.25, -0.2) is 4.39 Å². The van der Waals surface area contributed by atoms with Crippen molar-refractivity contribution in [3.63, 3.8) is 0 Å². The van der Waals surface area contributed by atoms with E-state index in [0.717, 1.165) is 24.0 Å². The summed E-state index contributed by atoms with van der Waals surface area (Å²) in [5.41, 5.74) is 8.43. The van der Waals surface area contributed by atoms with Crippen LogP contribution >= 0.6 is 0 Å². The number of nitrogen functional groups attached to an aromatic ring is 1. The van der Waals surface area contributed by atoms with Gasteiger partial charge in [-0.15, -0.1) is 0 Å². The zero-order chi connectivity index (χ0) is 12.0. The molecule has 17 heavy (non-hydrogen) atoms. The number of rotatable bonds is 2. The van der Waals surface area contributed by atoms with Crippen LogP contribution in [0, 0.1) is 12.7 Å². The van der Waals surface area contributed by atoms with Crippen molar-refractivity contribution >= 4 is 5.69 Å². The van der Waals surface area contributed by atoms with Crippen molar-refractivity contribution in [2.24, 2.45) is 0 Å². The Morgan fingerprint density at radius 1 is 1.41 bits per heavy atom. The molecular weight excluding hydrogens is 219 g/mol. The van der Waals surface area contributed by atoms with Crippen LogP contribution in [0.15, 0.2) is 18.3 Å². The molecule has 2 aromatic rings. The first kappa shape index (κ1) is 10.3. The molecular formula is C12H13FN4. The smallest absolute Gasteiger partial charge is 0.125 e. The first-order chi connectivity index (χ1) is 8.15. The third-order valence-corrected chi connectivity index (χ3v) is 3.07. The normalized spacial score (nSPS) is 15.2. The zero-order valence-electron chi connectivity index (χ0n) is 9.52. The monoisotopic (exact) mass is 232 g/mol. The molecule has 3 rings (SSSR count). The van der Waals surface area contributed by atoms with E-state index in [4.69, 9.17) is 5.73 Å². The van der Waals surface area contributed by atoms with E-state index in [1.54, 1.807) is 11.0 Å². The summed E-state index contributed by atoms with van der Waals surface area (Å²) < 4.78 is 13.3. The molecule has 1 aliphatic rings. The Labute approximate surface area is 98.2 Å². The van der Waals surface area contributed by atoms with Gasteiger partial charge in [0.25, 0.3) is 0 Å². The van der Waals surface area contributed by atoms with E-state index in [9.17, 15) is 4.39 Å². The largest absolute Gasteiger partial charge is 0.398 e. The highest BCUT2D eigenvalue weighted by atomic mass is 19.1. The number of aromatic nitrogens is 3. The molecule has 5 heteroatoms. The van der Waals surface area contributed by atoms with Crippen LogP contribution < -0.4 is 5.73 Å². The van der Waals surface area contributed by atoms with E-state index in [0.29, 0.717) is 17.4 Å². The maximum absolute atomic E-state index is 13.3. The van der Waals surface area contributed by atoms with Gasteiger partial charge >= 0.3 is 0 Å². The lowest BCUT2D eigenvalue weighted by molar-refractivity contribution is 0.554. The summed E-state index contributed by atoms with van der Waals surface area (Å²) >= 11 is 0. The average molecular weight is 232 g/mol. The SMILES string of the molecule is Cc1c(N)cc(F)cc1-c1cnn(C2CC2)n1. The second-order valence-corrected chi connectivity index (χ2v) is 4.45. The molecule has 1 aromatic heterocycles. The van der Waals surface area contributed by atoms with Crippen LogP contribution in [0.3, 0.4) is 0 Å². The molecule has 2 N–H and O–H groups in total. The third-order valence-electron chi connectivity index (χ3n) is 3.07. The molecule has 88 valence electrons. The number of nitrogens with zero attached hydrogens (tertiary/aromatic N) is 3. The van der Waals surface area contributed by atoms with Gasteiger partial charge in [-0.3, -0.25) is 0 Å². The molecule has 0 saturated heterocycles. The van der Waals surface area contributed by atoms with E-state index in [-0.39, 0.29) is 5.82 Å². The number of halogens is 1. The minimum absolute atomic E-state index is 0.343. The summed E-state index contributed by atoms with van der Waals surface area (Å²) in [5, 5.41) is 8.57. The third kappa shape index (κ3) is 1.77. The fourth-order valence-corrected chi connectivity index (χ4v) is 1.85. The highest BCUT2D eigenvalue weighted by molar-refractivity contribution is 5.69. The van der Waals surface area contributed by atoms with Crippen LogP contribution in [-0.4, -0.2) is 15.0 Å². The first-order valence-electron chi connectivity index (χ1n) is 5.63. The molecule has 1 heterocycles. The van der Waals surface area contributed by atoms with Crippen LogP contribution in [-0.2, 0) is 0 Å². The average Bonchev–Trinajstić information content (AvgIpc) is 3.02. The van der Waals surface area contributed by atoms with Gasteiger partial charge in [-0.2, -0.15) is 15.0 Å². The van der Waals surface area contributed by atoms with Crippen molar-refractivity contribution in [1.82, 2.24) is 15.0 Å². The number of hydrogen-bond donors (Lipinski definition) is 1. The van der Waals surface area contributed by atoms with Gasteiger partial charge in [-0.05, 0) is 37.5 Å². The van der Waals surface area contributed by atoms with E-state index in [1.165, 1.54) is 12.1 Å².